The lowest BCUT2D eigenvalue weighted by atomic mass is 9.97. The Morgan fingerprint density at radius 2 is 2.10 bits per heavy atom. The molecular weight excluding hydrogens is 244 g/mol. The number of nitrogens with one attached hydrogen (secondary N) is 1. The maximum atomic E-state index is 3.54. The van der Waals surface area contributed by atoms with Gasteiger partial charge < -0.3 is 5.32 Å². The Kier molecular flexibility index (Phi) is 5.62. The summed E-state index contributed by atoms with van der Waals surface area (Å²) in [5.74, 6) is 0.817. The van der Waals surface area contributed by atoms with Crippen molar-refractivity contribution in [3.8, 4) is 0 Å². The van der Waals surface area contributed by atoms with Crippen LogP contribution in [0.15, 0.2) is 18.2 Å². The van der Waals surface area contributed by atoms with Crippen LogP contribution in [0.25, 0.3) is 0 Å². The predicted molar refractivity (Wildman–Crippen MR) is 87.1 cm³/mol. The van der Waals surface area contributed by atoms with Crippen molar-refractivity contribution in [2.75, 3.05) is 19.6 Å². The van der Waals surface area contributed by atoms with E-state index in [1.54, 1.807) is 0 Å². The lowest BCUT2D eigenvalue weighted by Gasteiger charge is -2.33. The first-order valence-corrected chi connectivity index (χ1v) is 8.07. The summed E-state index contributed by atoms with van der Waals surface area (Å²) < 4.78 is 0. The molecule has 20 heavy (non-hydrogen) atoms. The molecule has 1 heterocycles. The summed E-state index contributed by atoms with van der Waals surface area (Å²) in [7, 11) is 0. The van der Waals surface area contributed by atoms with Crippen LogP contribution >= 0.6 is 0 Å². The molecule has 0 spiro atoms. The average molecular weight is 274 g/mol. The van der Waals surface area contributed by atoms with Gasteiger partial charge in [0.25, 0.3) is 0 Å². The van der Waals surface area contributed by atoms with E-state index in [-0.39, 0.29) is 0 Å². The average Bonchev–Trinajstić information content (AvgIpc) is 2.42. The van der Waals surface area contributed by atoms with Gasteiger partial charge in [-0.3, -0.25) is 4.90 Å². The number of nitrogens with zero attached hydrogens (tertiary/aromatic N) is 1. The first-order valence-electron chi connectivity index (χ1n) is 8.07. The van der Waals surface area contributed by atoms with Gasteiger partial charge in [0.1, 0.15) is 0 Å². The summed E-state index contributed by atoms with van der Waals surface area (Å²) >= 11 is 0. The van der Waals surface area contributed by atoms with Crippen molar-refractivity contribution in [3.63, 3.8) is 0 Å². The van der Waals surface area contributed by atoms with Crippen LogP contribution in [0.3, 0.4) is 0 Å². The third-order valence-corrected chi connectivity index (χ3v) is 4.49. The summed E-state index contributed by atoms with van der Waals surface area (Å²) in [6.45, 7) is 13.7. The zero-order valence-corrected chi connectivity index (χ0v) is 13.6. The highest BCUT2D eigenvalue weighted by atomic mass is 15.1. The van der Waals surface area contributed by atoms with E-state index in [0.717, 1.165) is 12.5 Å². The molecule has 1 fully saturated rings. The Labute approximate surface area is 124 Å². The van der Waals surface area contributed by atoms with E-state index >= 15 is 0 Å². The molecule has 1 unspecified atom stereocenters. The maximum absolute atomic E-state index is 3.54. The van der Waals surface area contributed by atoms with Gasteiger partial charge in [-0.1, -0.05) is 23.8 Å². The minimum Gasteiger partial charge on any atom is -0.316 e. The van der Waals surface area contributed by atoms with E-state index in [1.165, 1.54) is 49.2 Å². The predicted octanol–water partition coefficient (Wildman–Crippen LogP) is 3.51. The molecule has 0 bridgehead atoms. The van der Waals surface area contributed by atoms with Crippen molar-refractivity contribution in [2.45, 2.75) is 53.1 Å². The van der Waals surface area contributed by atoms with Crippen LogP contribution in [0, 0.1) is 19.8 Å². The van der Waals surface area contributed by atoms with Crippen LogP contribution in [0.1, 0.15) is 43.4 Å². The fourth-order valence-electron chi connectivity index (χ4n) is 3.11. The summed E-state index contributed by atoms with van der Waals surface area (Å²) in [5, 5.41) is 3.54. The number of hydrogen-bond donors (Lipinski definition) is 1. The van der Waals surface area contributed by atoms with E-state index in [1.807, 2.05) is 0 Å². The van der Waals surface area contributed by atoms with Crippen molar-refractivity contribution >= 4 is 0 Å². The molecule has 1 aromatic carbocycles. The van der Waals surface area contributed by atoms with E-state index < -0.39 is 0 Å². The SMILES string of the molecule is Cc1ccc(CN(CC2CCCNC2)C(C)C)c(C)c1. The summed E-state index contributed by atoms with van der Waals surface area (Å²) in [6.07, 6.45) is 2.71. The molecule has 2 nitrogen and oxygen atoms in total. The summed E-state index contributed by atoms with van der Waals surface area (Å²) in [5.41, 5.74) is 4.27. The van der Waals surface area contributed by atoms with Crippen molar-refractivity contribution < 1.29 is 0 Å². The molecule has 1 N–H and O–H groups in total. The number of aryl methyl sites for hydroxylation is 2. The van der Waals surface area contributed by atoms with Crippen LogP contribution in [0.5, 0.6) is 0 Å². The molecule has 0 aromatic heterocycles. The molecule has 2 rings (SSSR count). The third-order valence-electron chi connectivity index (χ3n) is 4.49. The molecule has 0 radical (unpaired) electrons. The second-order valence-electron chi connectivity index (χ2n) is 6.67. The molecule has 0 aliphatic carbocycles. The van der Waals surface area contributed by atoms with Crippen LogP contribution in [0.2, 0.25) is 0 Å². The highest BCUT2D eigenvalue weighted by Crippen LogP contribution is 2.18. The monoisotopic (exact) mass is 274 g/mol. The van der Waals surface area contributed by atoms with E-state index in [2.05, 4.69) is 56.1 Å². The molecule has 1 aliphatic heterocycles. The summed E-state index contributed by atoms with van der Waals surface area (Å²) in [6, 6.07) is 7.45. The Morgan fingerprint density at radius 1 is 1.30 bits per heavy atom. The zero-order chi connectivity index (χ0) is 14.5. The standard InChI is InChI=1S/C18H30N2/c1-14(2)20(12-17-6-5-9-19-11-17)13-18-8-7-15(3)10-16(18)4/h7-8,10,14,17,19H,5-6,9,11-13H2,1-4H3. The highest BCUT2D eigenvalue weighted by molar-refractivity contribution is 5.30. The number of hydrogen-bond acceptors (Lipinski definition) is 2. The molecule has 0 saturated carbocycles. The van der Waals surface area contributed by atoms with Gasteiger partial charge in [-0.2, -0.15) is 0 Å². The quantitative estimate of drug-likeness (QED) is 0.884. The highest BCUT2D eigenvalue weighted by Gasteiger charge is 2.19. The van der Waals surface area contributed by atoms with Crippen molar-refractivity contribution in [1.82, 2.24) is 10.2 Å². The van der Waals surface area contributed by atoms with Crippen LogP contribution in [-0.2, 0) is 6.54 Å². The van der Waals surface area contributed by atoms with E-state index in [4.69, 9.17) is 0 Å². The topological polar surface area (TPSA) is 15.3 Å². The van der Waals surface area contributed by atoms with Crippen molar-refractivity contribution in [1.29, 1.82) is 0 Å². The Hall–Kier alpha value is -0.860. The Bertz CT molecular complexity index is 419. The van der Waals surface area contributed by atoms with Gasteiger partial charge in [0.15, 0.2) is 0 Å². The van der Waals surface area contributed by atoms with Crippen LogP contribution < -0.4 is 5.32 Å². The van der Waals surface area contributed by atoms with Gasteiger partial charge in [-0.15, -0.1) is 0 Å². The lowest BCUT2D eigenvalue weighted by Crippen LogP contribution is -2.40. The molecule has 1 saturated heterocycles. The van der Waals surface area contributed by atoms with Gasteiger partial charge >= 0.3 is 0 Å². The molecule has 112 valence electrons. The second kappa shape index (κ2) is 7.24. The van der Waals surface area contributed by atoms with Gasteiger partial charge in [-0.05, 0) is 70.7 Å². The fraction of sp³-hybridized carbons (Fsp3) is 0.667. The smallest absolute Gasteiger partial charge is 0.0239 e. The molecule has 1 atom stereocenters. The normalized spacial score (nSPS) is 19.8. The Morgan fingerprint density at radius 3 is 2.70 bits per heavy atom. The first kappa shape index (κ1) is 15.5. The van der Waals surface area contributed by atoms with Crippen molar-refractivity contribution in [3.05, 3.63) is 34.9 Å². The Balaban J connectivity index is 2.01. The van der Waals surface area contributed by atoms with Gasteiger partial charge in [-0.25, -0.2) is 0 Å². The maximum Gasteiger partial charge on any atom is 0.0239 e. The minimum absolute atomic E-state index is 0.609. The molecule has 1 aromatic rings. The molecule has 2 heteroatoms. The largest absolute Gasteiger partial charge is 0.316 e. The molecular formula is C18H30N2. The number of benzene rings is 1. The third kappa shape index (κ3) is 4.32. The lowest BCUT2D eigenvalue weighted by molar-refractivity contribution is 0.163. The van der Waals surface area contributed by atoms with Crippen LogP contribution in [-0.4, -0.2) is 30.6 Å². The molecule has 1 aliphatic rings. The second-order valence-corrected chi connectivity index (χ2v) is 6.67. The zero-order valence-electron chi connectivity index (χ0n) is 13.6. The van der Waals surface area contributed by atoms with E-state index in [0.29, 0.717) is 6.04 Å². The fourth-order valence-corrected chi connectivity index (χ4v) is 3.11. The van der Waals surface area contributed by atoms with Gasteiger partial charge in [0.2, 0.25) is 0 Å². The van der Waals surface area contributed by atoms with Crippen molar-refractivity contribution in [2.24, 2.45) is 5.92 Å². The summed E-state index contributed by atoms with van der Waals surface area (Å²) in [4.78, 5) is 2.63. The van der Waals surface area contributed by atoms with Gasteiger partial charge in [0.05, 0.1) is 0 Å². The number of rotatable bonds is 5. The number of piperidine rings is 1. The molecule has 0 amide bonds. The minimum atomic E-state index is 0.609. The van der Waals surface area contributed by atoms with Crippen LogP contribution in [0.4, 0.5) is 0 Å². The first-order chi connectivity index (χ1) is 9.56. The van der Waals surface area contributed by atoms with E-state index in [9.17, 15) is 0 Å². The van der Waals surface area contributed by atoms with Gasteiger partial charge in [0, 0.05) is 19.1 Å².